The molecule has 0 aliphatic heterocycles. The van der Waals surface area contributed by atoms with E-state index in [1.54, 1.807) is 0 Å². The molecule has 0 heterocycles. The summed E-state index contributed by atoms with van der Waals surface area (Å²) in [6.07, 6.45) is 0. The number of nitrogens with one attached hydrogen (secondary N) is 1. The summed E-state index contributed by atoms with van der Waals surface area (Å²) in [5.41, 5.74) is 2.38. The summed E-state index contributed by atoms with van der Waals surface area (Å²) < 4.78 is 0. The quantitative estimate of drug-likeness (QED) is 0.704. The Hall–Kier alpha value is -0.500. The van der Waals surface area contributed by atoms with E-state index in [2.05, 4.69) is 39.6 Å². The van der Waals surface area contributed by atoms with Gasteiger partial charge in [-0.3, -0.25) is 0 Å². The third kappa shape index (κ3) is 4.83. The van der Waals surface area contributed by atoms with Gasteiger partial charge in [0.2, 0.25) is 0 Å². The smallest absolute Gasteiger partial charge is 0.0595 e. The molecule has 0 spiro atoms. The van der Waals surface area contributed by atoms with E-state index in [0.29, 0.717) is 22.0 Å². The van der Waals surface area contributed by atoms with Crippen LogP contribution < -0.4 is 5.32 Å². The summed E-state index contributed by atoms with van der Waals surface area (Å²) in [6, 6.07) is 6.29. The van der Waals surface area contributed by atoms with Crippen LogP contribution in [0.2, 0.25) is 10.0 Å². The van der Waals surface area contributed by atoms with Crippen LogP contribution in [0, 0.1) is 5.92 Å². The van der Waals surface area contributed by atoms with Crippen molar-refractivity contribution < 1.29 is 0 Å². The first kappa shape index (κ1) is 16.6. The van der Waals surface area contributed by atoms with Crippen molar-refractivity contribution in [1.82, 2.24) is 5.32 Å². The highest BCUT2D eigenvalue weighted by Crippen LogP contribution is 2.32. The molecule has 1 aromatic rings. The summed E-state index contributed by atoms with van der Waals surface area (Å²) in [6.45, 7) is 13.7. The van der Waals surface area contributed by atoms with Gasteiger partial charge in [0, 0.05) is 18.5 Å². The SMILES string of the molecule is C=C(C(C)C)[C@H](CNC(C)C)c1ccc(Cl)c(Cl)c1. The van der Waals surface area contributed by atoms with Crippen molar-refractivity contribution in [3.8, 4) is 0 Å². The average Bonchev–Trinajstić information content (AvgIpc) is 2.33. The lowest BCUT2D eigenvalue weighted by molar-refractivity contribution is 0.535. The maximum absolute atomic E-state index is 6.12. The Morgan fingerprint density at radius 1 is 1.16 bits per heavy atom. The minimum atomic E-state index is 0.261. The van der Waals surface area contributed by atoms with Crippen LogP contribution in [0.5, 0.6) is 0 Å². The normalized spacial score (nSPS) is 13.1. The van der Waals surface area contributed by atoms with Crippen LogP contribution in [0.1, 0.15) is 39.2 Å². The maximum Gasteiger partial charge on any atom is 0.0595 e. The Bertz CT molecular complexity index is 438. The largest absolute Gasteiger partial charge is 0.314 e. The highest BCUT2D eigenvalue weighted by molar-refractivity contribution is 6.42. The molecule has 3 heteroatoms. The van der Waals surface area contributed by atoms with Gasteiger partial charge in [-0.15, -0.1) is 0 Å². The standard InChI is InChI=1S/C16H23Cl2N/c1-10(2)12(5)14(9-19-11(3)4)13-6-7-15(17)16(18)8-13/h6-8,10-11,14,19H,5,9H2,1-4H3/t14-/m0/s1. The third-order valence-electron chi connectivity index (χ3n) is 3.27. The second-order valence-corrected chi connectivity index (χ2v) is 6.33. The molecule has 1 aromatic carbocycles. The van der Waals surface area contributed by atoms with E-state index in [1.807, 2.05) is 18.2 Å². The molecule has 0 bridgehead atoms. The van der Waals surface area contributed by atoms with E-state index >= 15 is 0 Å². The lowest BCUT2D eigenvalue weighted by Crippen LogP contribution is -2.29. The molecule has 106 valence electrons. The number of hydrogen-bond donors (Lipinski definition) is 1. The van der Waals surface area contributed by atoms with Crippen LogP contribution in [-0.4, -0.2) is 12.6 Å². The fourth-order valence-corrected chi connectivity index (χ4v) is 2.25. The summed E-state index contributed by atoms with van der Waals surface area (Å²) in [5.74, 6) is 0.700. The molecular formula is C16H23Cl2N. The Morgan fingerprint density at radius 3 is 2.26 bits per heavy atom. The highest BCUT2D eigenvalue weighted by Gasteiger charge is 2.18. The topological polar surface area (TPSA) is 12.0 Å². The molecule has 19 heavy (non-hydrogen) atoms. The maximum atomic E-state index is 6.12. The van der Waals surface area contributed by atoms with Gasteiger partial charge in [0.1, 0.15) is 0 Å². The van der Waals surface area contributed by atoms with Gasteiger partial charge in [-0.1, -0.05) is 69.1 Å². The lowest BCUT2D eigenvalue weighted by atomic mass is 9.85. The van der Waals surface area contributed by atoms with Crippen LogP contribution in [0.25, 0.3) is 0 Å². The van der Waals surface area contributed by atoms with E-state index < -0.39 is 0 Å². The summed E-state index contributed by atoms with van der Waals surface area (Å²) in [4.78, 5) is 0. The first-order valence-electron chi connectivity index (χ1n) is 6.70. The number of halogens is 2. The fraction of sp³-hybridized carbons (Fsp3) is 0.500. The predicted octanol–water partition coefficient (Wildman–Crippen LogP) is 5.29. The van der Waals surface area contributed by atoms with Gasteiger partial charge in [0.25, 0.3) is 0 Å². The zero-order chi connectivity index (χ0) is 14.6. The molecule has 0 saturated heterocycles. The van der Waals surface area contributed by atoms with Gasteiger partial charge in [0.15, 0.2) is 0 Å². The minimum absolute atomic E-state index is 0.261. The molecule has 0 aliphatic rings. The molecule has 1 atom stereocenters. The Morgan fingerprint density at radius 2 is 1.79 bits per heavy atom. The Balaban J connectivity index is 3.00. The second kappa shape index (κ2) is 7.33. The van der Waals surface area contributed by atoms with Gasteiger partial charge in [0.05, 0.1) is 10.0 Å². The Labute approximate surface area is 127 Å². The molecule has 0 saturated carbocycles. The van der Waals surface area contributed by atoms with E-state index in [4.69, 9.17) is 23.2 Å². The highest BCUT2D eigenvalue weighted by atomic mass is 35.5. The molecule has 1 N–H and O–H groups in total. The van der Waals surface area contributed by atoms with E-state index in [-0.39, 0.29) is 5.92 Å². The van der Waals surface area contributed by atoms with E-state index in [1.165, 1.54) is 11.1 Å². The number of benzene rings is 1. The van der Waals surface area contributed by atoms with E-state index in [0.717, 1.165) is 6.54 Å². The van der Waals surface area contributed by atoms with Crippen molar-refractivity contribution in [2.24, 2.45) is 5.92 Å². The fourth-order valence-electron chi connectivity index (χ4n) is 1.95. The zero-order valence-corrected chi connectivity index (χ0v) is 13.6. The van der Waals surface area contributed by atoms with E-state index in [9.17, 15) is 0 Å². The first-order chi connectivity index (χ1) is 8.82. The monoisotopic (exact) mass is 299 g/mol. The van der Waals surface area contributed by atoms with Gasteiger partial charge in [-0.25, -0.2) is 0 Å². The molecule has 0 aromatic heterocycles. The van der Waals surface area contributed by atoms with Gasteiger partial charge < -0.3 is 5.32 Å². The molecule has 0 radical (unpaired) electrons. The summed E-state index contributed by atoms with van der Waals surface area (Å²) in [7, 11) is 0. The average molecular weight is 300 g/mol. The minimum Gasteiger partial charge on any atom is -0.314 e. The van der Waals surface area contributed by atoms with Crippen molar-refractivity contribution in [3.63, 3.8) is 0 Å². The van der Waals surface area contributed by atoms with Crippen LogP contribution in [-0.2, 0) is 0 Å². The molecule has 0 amide bonds. The second-order valence-electron chi connectivity index (χ2n) is 5.52. The van der Waals surface area contributed by atoms with Crippen LogP contribution in [0.15, 0.2) is 30.4 Å². The molecule has 1 rings (SSSR count). The molecule has 0 aliphatic carbocycles. The van der Waals surface area contributed by atoms with Gasteiger partial charge in [-0.2, -0.15) is 0 Å². The zero-order valence-electron chi connectivity index (χ0n) is 12.1. The third-order valence-corrected chi connectivity index (χ3v) is 4.00. The Kier molecular flexibility index (Phi) is 6.38. The molecule has 0 fully saturated rings. The van der Waals surface area contributed by atoms with Gasteiger partial charge >= 0.3 is 0 Å². The summed E-state index contributed by atoms with van der Waals surface area (Å²) >= 11 is 12.1. The van der Waals surface area contributed by atoms with Crippen LogP contribution in [0.3, 0.4) is 0 Å². The predicted molar refractivity (Wildman–Crippen MR) is 86.3 cm³/mol. The molecular weight excluding hydrogens is 277 g/mol. The first-order valence-corrected chi connectivity index (χ1v) is 7.45. The van der Waals surface area contributed by atoms with Crippen LogP contribution in [0.4, 0.5) is 0 Å². The van der Waals surface area contributed by atoms with Gasteiger partial charge in [-0.05, 0) is 23.6 Å². The van der Waals surface area contributed by atoms with Crippen molar-refractivity contribution in [1.29, 1.82) is 0 Å². The molecule has 0 unspecified atom stereocenters. The van der Waals surface area contributed by atoms with Crippen molar-refractivity contribution >= 4 is 23.2 Å². The van der Waals surface area contributed by atoms with Crippen molar-refractivity contribution in [2.75, 3.05) is 6.54 Å². The number of rotatable bonds is 6. The lowest BCUT2D eigenvalue weighted by Gasteiger charge is -2.24. The number of hydrogen-bond acceptors (Lipinski definition) is 1. The molecule has 1 nitrogen and oxygen atoms in total. The van der Waals surface area contributed by atoms with Crippen molar-refractivity contribution in [3.05, 3.63) is 46.0 Å². The van der Waals surface area contributed by atoms with Crippen LogP contribution >= 0.6 is 23.2 Å². The summed E-state index contributed by atoms with van der Waals surface area (Å²) in [5, 5.41) is 4.67. The van der Waals surface area contributed by atoms with Crippen molar-refractivity contribution in [2.45, 2.75) is 39.7 Å².